The fraction of sp³-hybridized carbons (Fsp3) is 0.391. The predicted octanol–water partition coefficient (Wildman–Crippen LogP) is 5.84. The molecule has 1 saturated heterocycles. The van der Waals surface area contributed by atoms with Crippen LogP contribution in [0, 0.1) is 23.4 Å². The summed E-state index contributed by atoms with van der Waals surface area (Å²) in [6.45, 7) is 7.29. The lowest BCUT2D eigenvalue weighted by molar-refractivity contribution is -0.0433. The van der Waals surface area contributed by atoms with Crippen LogP contribution in [-0.2, 0) is 9.47 Å². The van der Waals surface area contributed by atoms with Crippen LogP contribution in [0.25, 0.3) is 11.1 Å². The van der Waals surface area contributed by atoms with E-state index in [0.29, 0.717) is 37.7 Å². The van der Waals surface area contributed by atoms with Crippen LogP contribution < -0.4 is 4.74 Å². The van der Waals surface area contributed by atoms with E-state index in [0.717, 1.165) is 6.42 Å². The molecule has 0 N–H and O–H groups in total. The number of hydrogen-bond acceptors (Lipinski definition) is 3. The first-order valence-electron chi connectivity index (χ1n) is 9.76. The van der Waals surface area contributed by atoms with Crippen molar-refractivity contribution in [3.8, 4) is 16.9 Å². The molecule has 3 nitrogen and oxygen atoms in total. The van der Waals surface area contributed by atoms with Gasteiger partial charge in [0.1, 0.15) is 12.4 Å². The lowest BCUT2D eigenvalue weighted by Crippen LogP contribution is -2.24. The van der Waals surface area contributed by atoms with Gasteiger partial charge in [0.2, 0.25) is 5.82 Å². The summed E-state index contributed by atoms with van der Waals surface area (Å²) in [6, 6.07) is 7.08. The van der Waals surface area contributed by atoms with Crippen molar-refractivity contribution in [2.24, 2.45) is 5.92 Å². The Morgan fingerprint density at radius 1 is 1.14 bits per heavy atom. The molecular formula is C23H25F3O3. The molecule has 2 unspecified atom stereocenters. The molecule has 1 aliphatic rings. The monoisotopic (exact) mass is 406 g/mol. The Morgan fingerprint density at radius 2 is 1.97 bits per heavy atom. The maximum Gasteiger partial charge on any atom is 0.201 e. The molecule has 3 rings (SSSR count). The van der Waals surface area contributed by atoms with Crippen molar-refractivity contribution >= 4 is 0 Å². The summed E-state index contributed by atoms with van der Waals surface area (Å²) in [7, 11) is 0. The molecule has 29 heavy (non-hydrogen) atoms. The predicted molar refractivity (Wildman–Crippen MR) is 105 cm³/mol. The first-order chi connectivity index (χ1) is 14.0. The number of hydrogen-bond donors (Lipinski definition) is 0. The standard InChI is InChI=1S/C23H25F3O3/c1-3-11-28-21-10-8-17(22(25)23(21)26)16-6-7-18(19(24)12-16)20-9-5-15(14-29-20)13-27-4-2/h3,6-8,10,12,15,20H,1,4-5,9,11,13-14H2,2H3. The minimum absolute atomic E-state index is 0.0276. The molecule has 2 aromatic rings. The van der Waals surface area contributed by atoms with E-state index in [1.54, 1.807) is 12.1 Å². The van der Waals surface area contributed by atoms with Gasteiger partial charge in [0.25, 0.3) is 0 Å². The van der Waals surface area contributed by atoms with Crippen molar-refractivity contribution in [2.45, 2.75) is 25.9 Å². The molecule has 0 aliphatic carbocycles. The van der Waals surface area contributed by atoms with E-state index in [1.165, 1.54) is 24.3 Å². The summed E-state index contributed by atoms with van der Waals surface area (Å²) in [4.78, 5) is 0. The number of benzene rings is 2. The van der Waals surface area contributed by atoms with Crippen LogP contribution in [0.4, 0.5) is 13.2 Å². The Balaban J connectivity index is 1.75. The summed E-state index contributed by atoms with van der Waals surface area (Å²) in [6.07, 6.45) is 2.66. The molecule has 0 aromatic heterocycles. The van der Waals surface area contributed by atoms with Crippen molar-refractivity contribution in [1.82, 2.24) is 0 Å². The molecule has 1 aliphatic heterocycles. The van der Waals surface area contributed by atoms with Crippen LogP contribution in [0.5, 0.6) is 5.75 Å². The molecule has 0 radical (unpaired) electrons. The summed E-state index contributed by atoms with van der Waals surface area (Å²) >= 11 is 0. The minimum Gasteiger partial charge on any atom is -0.486 e. The average molecular weight is 406 g/mol. The number of ether oxygens (including phenoxy) is 3. The zero-order valence-electron chi connectivity index (χ0n) is 16.4. The van der Waals surface area contributed by atoms with E-state index >= 15 is 0 Å². The molecule has 156 valence electrons. The van der Waals surface area contributed by atoms with E-state index < -0.39 is 17.5 Å². The van der Waals surface area contributed by atoms with Crippen LogP contribution in [0.15, 0.2) is 43.0 Å². The first kappa shape index (κ1) is 21.4. The highest BCUT2D eigenvalue weighted by Gasteiger charge is 2.26. The van der Waals surface area contributed by atoms with Crippen LogP contribution in [-0.4, -0.2) is 26.4 Å². The van der Waals surface area contributed by atoms with Crippen LogP contribution in [0.2, 0.25) is 0 Å². The van der Waals surface area contributed by atoms with E-state index in [2.05, 4.69) is 6.58 Å². The van der Waals surface area contributed by atoms with Gasteiger partial charge in [-0.25, -0.2) is 8.78 Å². The Labute approximate surface area is 169 Å². The maximum atomic E-state index is 14.7. The van der Waals surface area contributed by atoms with Gasteiger partial charge in [0.15, 0.2) is 11.6 Å². The van der Waals surface area contributed by atoms with Gasteiger partial charge in [-0.2, -0.15) is 4.39 Å². The summed E-state index contributed by atoms with van der Waals surface area (Å²) in [5.74, 6) is -2.58. The highest BCUT2D eigenvalue weighted by molar-refractivity contribution is 5.66. The third kappa shape index (κ3) is 5.00. The van der Waals surface area contributed by atoms with E-state index in [4.69, 9.17) is 14.2 Å². The van der Waals surface area contributed by atoms with Crippen molar-refractivity contribution in [2.75, 3.05) is 26.4 Å². The Hall–Kier alpha value is -2.31. The fourth-order valence-electron chi connectivity index (χ4n) is 3.44. The average Bonchev–Trinajstić information content (AvgIpc) is 2.74. The van der Waals surface area contributed by atoms with Gasteiger partial charge in [0, 0.05) is 23.7 Å². The highest BCUT2D eigenvalue weighted by atomic mass is 19.2. The number of halogens is 3. The third-order valence-electron chi connectivity index (χ3n) is 4.99. The molecule has 0 spiro atoms. The van der Waals surface area contributed by atoms with E-state index in [9.17, 15) is 13.2 Å². The zero-order chi connectivity index (χ0) is 20.8. The van der Waals surface area contributed by atoms with Crippen LogP contribution >= 0.6 is 0 Å². The maximum absolute atomic E-state index is 14.7. The minimum atomic E-state index is -1.11. The topological polar surface area (TPSA) is 27.7 Å². The first-order valence-corrected chi connectivity index (χ1v) is 9.76. The smallest absolute Gasteiger partial charge is 0.201 e. The normalized spacial score (nSPS) is 19.2. The van der Waals surface area contributed by atoms with Crippen molar-refractivity contribution < 1.29 is 27.4 Å². The van der Waals surface area contributed by atoms with Crippen molar-refractivity contribution in [1.29, 1.82) is 0 Å². The second kappa shape index (κ2) is 9.94. The van der Waals surface area contributed by atoms with Gasteiger partial charge in [-0.3, -0.25) is 0 Å². The summed E-state index contributed by atoms with van der Waals surface area (Å²) in [5.41, 5.74) is 0.652. The second-order valence-electron chi connectivity index (χ2n) is 7.00. The SMILES string of the molecule is C=CCOc1ccc(-c2ccc(C3CCC(COCC)CO3)c(F)c2)c(F)c1F. The van der Waals surface area contributed by atoms with Gasteiger partial charge >= 0.3 is 0 Å². The van der Waals surface area contributed by atoms with Crippen LogP contribution in [0.3, 0.4) is 0 Å². The lowest BCUT2D eigenvalue weighted by atomic mass is 9.93. The highest BCUT2D eigenvalue weighted by Crippen LogP contribution is 2.35. The molecule has 2 atom stereocenters. The summed E-state index contributed by atoms with van der Waals surface area (Å²) in [5, 5.41) is 0. The fourth-order valence-corrected chi connectivity index (χ4v) is 3.44. The van der Waals surface area contributed by atoms with Gasteiger partial charge in [-0.1, -0.05) is 24.8 Å². The zero-order valence-corrected chi connectivity index (χ0v) is 16.4. The largest absolute Gasteiger partial charge is 0.486 e. The molecule has 0 bridgehead atoms. The van der Waals surface area contributed by atoms with Gasteiger partial charge in [-0.05, 0) is 43.5 Å². The summed E-state index contributed by atoms with van der Waals surface area (Å²) < 4.78 is 59.7. The van der Waals surface area contributed by atoms with Gasteiger partial charge in [-0.15, -0.1) is 0 Å². The van der Waals surface area contributed by atoms with Gasteiger partial charge in [0.05, 0.1) is 19.3 Å². The van der Waals surface area contributed by atoms with Crippen molar-refractivity contribution in [3.63, 3.8) is 0 Å². The second-order valence-corrected chi connectivity index (χ2v) is 7.00. The van der Waals surface area contributed by atoms with Crippen LogP contribution in [0.1, 0.15) is 31.4 Å². The molecular weight excluding hydrogens is 381 g/mol. The van der Waals surface area contributed by atoms with Gasteiger partial charge < -0.3 is 14.2 Å². The Morgan fingerprint density at radius 3 is 2.62 bits per heavy atom. The molecule has 6 heteroatoms. The van der Waals surface area contributed by atoms with E-state index in [1.807, 2.05) is 6.92 Å². The van der Waals surface area contributed by atoms with Crippen molar-refractivity contribution in [3.05, 3.63) is 66.0 Å². The Bertz CT molecular complexity index is 846. The molecule has 2 aromatic carbocycles. The third-order valence-corrected chi connectivity index (χ3v) is 4.99. The molecule has 1 fully saturated rings. The Kier molecular flexibility index (Phi) is 7.34. The number of rotatable bonds is 8. The lowest BCUT2D eigenvalue weighted by Gasteiger charge is -2.29. The molecule has 0 saturated carbocycles. The molecule has 1 heterocycles. The quantitative estimate of drug-likeness (QED) is 0.516. The molecule has 0 amide bonds. The van der Waals surface area contributed by atoms with E-state index in [-0.39, 0.29) is 29.6 Å².